The van der Waals surface area contributed by atoms with Gasteiger partial charge in [0.2, 0.25) is 0 Å². The minimum atomic E-state index is -0.0389. The van der Waals surface area contributed by atoms with Gasteiger partial charge < -0.3 is 14.8 Å². The summed E-state index contributed by atoms with van der Waals surface area (Å²) < 4.78 is 11.6. The fraction of sp³-hybridized carbons (Fsp3) is 1.00. The summed E-state index contributed by atoms with van der Waals surface area (Å²) in [5.41, 5.74) is -0.0357. The Morgan fingerprint density at radius 3 is 2.44 bits per heavy atom. The molecule has 1 saturated heterocycles. The molecule has 18 heavy (non-hydrogen) atoms. The van der Waals surface area contributed by atoms with Crippen molar-refractivity contribution >= 4 is 0 Å². The highest BCUT2D eigenvalue weighted by molar-refractivity contribution is 4.99. The summed E-state index contributed by atoms with van der Waals surface area (Å²) in [5, 5.41) is 3.48. The van der Waals surface area contributed by atoms with Crippen molar-refractivity contribution in [3.8, 4) is 0 Å². The molecule has 2 atom stereocenters. The molecule has 0 aromatic rings. The molecule has 0 radical (unpaired) electrons. The second-order valence-electron chi connectivity index (χ2n) is 6.51. The van der Waals surface area contributed by atoms with Gasteiger partial charge in [0.15, 0.2) is 0 Å². The van der Waals surface area contributed by atoms with Crippen LogP contribution in [0.3, 0.4) is 0 Å². The fourth-order valence-electron chi connectivity index (χ4n) is 3.33. The average Bonchev–Trinajstić information content (AvgIpc) is 2.47. The average molecular weight is 257 g/mol. The van der Waals surface area contributed by atoms with Gasteiger partial charge in [-0.3, -0.25) is 0 Å². The Morgan fingerprint density at radius 1 is 1.33 bits per heavy atom. The van der Waals surface area contributed by atoms with E-state index in [4.69, 9.17) is 9.47 Å². The maximum Gasteiger partial charge on any atom is 0.0677 e. The molecule has 108 valence electrons. The predicted octanol–water partition coefficient (Wildman–Crippen LogP) is 2.98. The van der Waals surface area contributed by atoms with Gasteiger partial charge in [-0.05, 0) is 60.9 Å². The first-order chi connectivity index (χ1) is 8.32. The quantitative estimate of drug-likeness (QED) is 0.711. The van der Waals surface area contributed by atoms with E-state index in [0.29, 0.717) is 12.0 Å². The molecule has 0 bridgehead atoms. The highest BCUT2D eigenvalue weighted by Crippen LogP contribution is 2.44. The van der Waals surface area contributed by atoms with Crippen LogP contribution < -0.4 is 5.32 Å². The fourth-order valence-corrected chi connectivity index (χ4v) is 3.33. The molecule has 1 N–H and O–H groups in total. The Hall–Kier alpha value is -0.120. The molecule has 1 aliphatic heterocycles. The predicted molar refractivity (Wildman–Crippen MR) is 75.9 cm³/mol. The van der Waals surface area contributed by atoms with Crippen LogP contribution in [0, 0.1) is 5.92 Å². The Morgan fingerprint density at radius 2 is 2.00 bits per heavy atom. The second kappa shape index (κ2) is 6.36. The molecule has 0 aromatic carbocycles. The Kier molecular flexibility index (Phi) is 5.63. The Labute approximate surface area is 113 Å². The SMILES string of the molecule is CCOCCCC(NC)C1CC(C)(C)OC1(C)C. The number of ether oxygens (including phenoxy) is 2. The Balaban J connectivity index is 2.54. The maximum atomic E-state index is 6.19. The number of rotatable bonds is 7. The van der Waals surface area contributed by atoms with E-state index in [1.54, 1.807) is 0 Å². The van der Waals surface area contributed by atoms with E-state index in [1.165, 1.54) is 0 Å². The van der Waals surface area contributed by atoms with Gasteiger partial charge in [0, 0.05) is 25.2 Å². The van der Waals surface area contributed by atoms with Crippen LogP contribution in [0.4, 0.5) is 0 Å². The van der Waals surface area contributed by atoms with Crippen LogP contribution in [0.1, 0.15) is 53.9 Å². The summed E-state index contributed by atoms with van der Waals surface area (Å²) >= 11 is 0. The van der Waals surface area contributed by atoms with Crippen molar-refractivity contribution in [3.05, 3.63) is 0 Å². The topological polar surface area (TPSA) is 30.5 Å². The molecule has 0 aromatic heterocycles. The van der Waals surface area contributed by atoms with Crippen molar-refractivity contribution in [2.45, 2.75) is 71.1 Å². The molecule has 0 saturated carbocycles. The van der Waals surface area contributed by atoms with Gasteiger partial charge in [0.1, 0.15) is 0 Å². The first kappa shape index (κ1) is 15.9. The van der Waals surface area contributed by atoms with E-state index >= 15 is 0 Å². The molecule has 0 spiro atoms. The molecule has 1 fully saturated rings. The summed E-state index contributed by atoms with van der Waals surface area (Å²) in [6.45, 7) is 12.6. The molecule has 2 unspecified atom stereocenters. The smallest absolute Gasteiger partial charge is 0.0677 e. The van der Waals surface area contributed by atoms with Crippen molar-refractivity contribution in [2.24, 2.45) is 5.92 Å². The summed E-state index contributed by atoms with van der Waals surface area (Å²) in [6, 6.07) is 0.516. The van der Waals surface area contributed by atoms with Crippen LogP contribution in [-0.4, -0.2) is 37.5 Å². The van der Waals surface area contributed by atoms with Crippen molar-refractivity contribution in [2.75, 3.05) is 20.3 Å². The zero-order valence-electron chi connectivity index (χ0n) is 13.0. The molecule has 1 rings (SSSR count). The van der Waals surface area contributed by atoms with E-state index < -0.39 is 0 Å². The van der Waals surface area contributed by atoms with Gasteiger partial charge in [0.25, 0.3) is 0 Å². The summed E-state index contributed by atoms with van der Waals surface area (Å²) in [4.78, 5) is 0. The van der Waals surface area contributed by atoms with Crippen LogP contribution in [0.15, 0.2) is 0 Å². The third-order valence-corrected chi connectivity index (χ3v) is 4.01. The minimum Gasteiger partial charge on any atom is -0.382 e. The summed E-state index contributed by atoms with van der Waals surface area (Å²) in [5.74, 6) is 0.569. The Bertz CT molecular complexity index is 251. The number of nitrogens with one attached hydrogen (secondary N) is 1. The van der Waals surface area contributed by atoms with Crippen LogP contribution in [0.5, 0.6) is 0 Å². The van der Waals surface area contributed by atoms with Gasteiger partial charge in [-0.2, -0.15) is 0 Å². The van der Waals surface area contributed by atoms with E-state index in [0.717, 1.165) is 32.5 Å². The monoisotopic (exact) mass is 257 g/mol. The lowest BCUT2D eigenvalue weighted by atomic mass is 9.80. The maximum absolute atomic E-state index is 6.19. The van der Waals surface area contributed by atoms with Crippen molar-refractivity contribution in [1.29, 1.82) is 0 Å². The third kappa shape index (κ3) is 4.22. The molecule has 0 amide bonds. The van der Waals surface area contributed by atoms with Gasteiger partial charge >= 0.3 is 0 Å². The van der Waals surface area contributed by atoms with E-state index in [2.05, 4.69) is 40.1 Å². The standard InChI is InChI=1S/C15H31NO2/c1-7-17-10-8-9-13(16-6)12-11-14(2,3)18-15(12,4)5/h12-13,16H,7-11H2,1-6H3. The first-order valence-corrected chi connectivity index (χ1v) is 7.27. The first-order valence-electron chi connectivity index (χ1n) is 7.27. The van der Waals surface area contributed by atoms with Crippen molar-refractivity contribution < 1.29 is 9.47 Å². The second-order valence-corrected chi connectivity index (χ2v) is 6.51. The highest BCUT2D eigenvalue weighted by atomic mass is 16.5. The lowest BCUT2D eigenvalue weighted by Crippen LogP contribution is -2.43. The van der Waals surface area contributed by atoms with Crippen LogP contribution in [-0.2, 0) is 9.47 Å². The minimum absolute atomic E-state index is 0.00316. The largest absolute Gasteiger partial charge is 0.382 e. The van der Waals surface area contributed by atoms with Gasteiger partial charge in [-0.25, -0.2) is 0 Å². The highest BCUT2D eigenvalue weighted by Gasteiger charge is 2.48. The lowest BCUT2D eigenvalue weighted by molar-refractivity contribution is -0.0778. The summed E-state index contributed by atoms with van der Waals surface area (Å²) in [6.07, 6.45) is 3.40. The van der Waals surface area contributed by atoms with Gasteiger partial charge in [-0.15, -0.1) is 0 Å². The van der Waals surface area contributed by atoms with Crippen LogP contribution in [0.25, 0.3) is 0 Å². The zero-order chi connectivity index (χ0) is 13.8. The molecule has 3 nitrogen and oxygen atoms in total. The number of hydrogen-bond acceptors (Lipinski definition) is 3. The molecule has 1 aliphatic rings. The van der Waals surface area contributed by atoms with Crippen LogP contribution >= 0.6 is 0 Å². The zero-order valence-corrected chi connectivity index (χ0v) is 13.0. The molecular formula is C15H31NO2. The van der Waals surface area contributed by atoms with E-state index in [-0.39, 0.29) is 11.2 Å². The molecular weight excluding hydrogens is 226 g/mol. The van der Waals surface area contributed by atoms with Crippen molar-refractivity contribution in [3.63, 3.8) is 0 Å². The number of hydrogen-bond donors (Lipinski definition) is 1. The van der Waals surface area contributed by atoms with E-state index in [9.17, 15) is 0 Å². The van der Waals surface area contributed by atoms with E-state index in [1.807, 2.05) is 6.92 Å². The van der Waals surface area contributed by atoms with Gasteiger partial charge in [0.05, 0.1) is 11.2 Å². The summed E-state index contributed by atoms with van der Waals surface area (Å²) in [7, 11) is 2.06. The molecule has 0 aliphatic carbocycles. The van der Waals surface area contributed by atoms with Crippen LogP contribution in [0.2, 0.25) is 0 Å². The van der Waals surface area contributed by atoms with Crippen molar-refractivity contribution in [1.82, 2.24) is 5.32 Å². The van der Waals surface area contributed by atoms with Gasteiger partial charge in [-0.1, -0.05) is 0 Å². The third-order valence-electron chi connectivity index (χ3n) is 4.01. The molecule has 3 heteroatoms. The normalized spacial score (nSPS) is 27.3. The molecule has 1 heterocycles. The lowest BCUT2D eigenvalue weighted by Gasteiger charge is -2.33.